The highest BCUT2D eigenvalue weighted by molar-refractivity contribution is 5.91. The summed E-state index contributed by atoms with van der Waals surface area (Å²) in [7, 11) is 0. The van der Waals surface area contributed by atoms with Crippen molar-refractivity contribution in [2.75, 3.05) is 6.54 Å². The molecule has 0 unspecified atom stereocenters. The highest BCUT2D eigenvalue weighted by atomic mass is 19.4. The number of carbonyl (C=O) groups is 1. The second-order valence-corrected chi connectivity index (χ2v) is 7.50. The molecule has 0 spiro atoms. The lowest BCUT2D eigenvalue weighted by Gasteiger charge is -2.29. The highest BCUT2D eigenvalue weighted by Crippen LogP contribution is 2.32. The van der Waals surface area contributed by atoms with Gasteiger partial charge in [0.25, 0.3) is 5.91 Å². The van der Waals surface area contributed by atoms with Crippen LogP contribution in [0.1, 0.15) is 38.6 Å². The summed E-state index contributed by atoms with van der Waals surface area (Å²) < 4.78 is 78.8. The third kappa shape index (κ3) is 4.82. The lowest BCUT2D eigenvalue weighted by molar-refractivity contribution is -0.141. The van der Waals surface area contributed by atoms with Gasteiger partial charge in [-0.25, -0.2) is 9.67 Å². The molecule has 4 heterocycles. The summed E-state index contributed by atoms with van der Waals surface area (Å²) >= 11 is 0. The van der Waals surface area contributed by atoms with Crippen molar-refractivity contribution in [3.63, 3.8) is 0 Å². The quantitative estimate of drug-likeness (QED) is 0.591. The number of nitrogens with zero attached hydrogens (tertiary/aromatic N) is 5. The predicted octanol–water partition coefficient (Wildman–Crippen LogP) is 3.36. The van der Waals surface area contributed by atoms with Crippen molar-refractivity contribution in [3.05, 3.63) is 70.6 Å². The largest absolute Gasteiger partial charge is 0.433 e. The molecule has 0 atom stereocenters. The number of hydrogen-bond acceptors (Lipinski definition) is 5. The van der Waals surface area contributed by atoms with Crippen molar-refractivity contribution in [1.82, 2.24) is 24.6 Å². The van der Waals surface area contributed by atoms with Crippen LogP contribution in [-0.4, -0.2) is 37.1 Å². The number of carbonyl (C=O) groups excluding carboxylic acids is 1. The van der Waals surface area contributed by atoms with Crippen molar-refractivity contribution in [3.8, 4) is 5.69 Å². The zero-order valence-electron chi connectivity index (χ0n) is 16.8. The van der Waals surface area contributed by atoms with E-state index >= 15 is 0 Å². The molecule has 3 aromatic rings. The van der Waals surface area contributed by atoms with Crippen LogP contribution in [0, 0.1) is 0 Å². The molecule has 0 aliphatic carbocycles. The number of primary amides is 1. The molecular weight excluding hydrogens is 454 g/mol. The van der Waals surface area contributed by atoms with Gasteiger partial charge in [-0.05, 0) is 30.2 Å². The summed E-state index contributed by atoms with van der Waals surface area (Å²) in [6, 6.07) is 3.70. The molecule has 0 bridgehead atoms. The van der Waals surface area contributed by atoms with E-state index < -0.39 is 29.5 Å². The zero-order chi connectivity index (χ0) is 24.0. The van der Waals surface area contributed by atoms with E-state index in [0.717, 1.165) is 23.1 Å². The Morgan fingerprint density at radius 3 is 2.52 bits per heavy atom. The molecule has 0 saturated heterocycles. The second-order valence-electron chi connectivity index (χ2n) is 7.50. The van der Waals surface area contributed by atoms with Gasteiger partial charge < -0.3 is 5.73 Å². The molecule has 0 fully saturated rings. The monoisotopic (exact) mass is 470 g/mol. The summed E-state index contributed by atoms with van der Waals surface area (Å²) in [6.45, 7) is 0.706. The van der Waals surface area contributed by atoms with Crippen LogP contribution in [0.5, 0.6) is 0 Å². The molecule has 4 rings (SSSR count). The maximum atomic E-state index is 13.0. The van der Waals surface area contributed by atoms with Crippen LogP contribution in [-0.2, 0) is 31.9 Å². The normalized spacial score (nSPS) is 14.8. The number of halogens is 6. The summed E-state index contributed by atoms with van der Waals surface area (Å²) in [6.07, 6.45) is -6.27. The van der Waals surface area contributed by atoms with Gasteiger partial charge >= 0.3 is 12.4 Å². The lowest BCUT2D eigenvalue weighted by atomic mass is 10.0. The van der Waals surface area contributed by atoms with Gasteiger partial charge in [-0.1, -0.05) is 0 Å². The number of pyridine rings is 2. The Kier molecular flexibility index (Phi) is 5.60. The van der Waals surface area contributed by atoms with Crippen molar-refractivity contribution >= 4 is 5.91 Å². The second kappa shape index (κ2) is 8.14. The van der Waals surface area contributed by atoms with Gasteiger partial charge in [-0.15, -0.1) is 0 Å². The molecule has 0 radical (unpaired) electrons. The molecular formula is C20H16F6N6O. The fourth-order valence-corrected chi connectivity index (χ4v) is 3.63. The van der Waals surface area contributed by atoms with Crippen LogP contribution in [0.2, 0.25) is 0 Å². The minimum atomic E-state index is -4.59. The van der Waals surface area contributed by atoms with Gasteiger partial charge in [0.1, 0.15) is 11.4 Å². The minimum Gasteiger partial charge on any atom is -0.364 e. The summed E-state index contributed by atoms with van der Waals surface area (Å²) in [5.74, 6) is -0.872. The Morgan fingerprint density at radius 1 is 1.12 bits per heavy atom. The van der Waals surface area contributed by atoms with Gasteiger partial charge in [0.2, 0.25) is 0 Å². The Bertz CT molecular complexity index is 1200. The van der Waals surface area contributed by atoms with E-state index in [1.54, 1.807) is 0 Å². The summed E-state index contributed by atoms with van der Waals surface area (Å²) in [5, 5.41) is 3.77. The average Bonchev–Trinajstić information content (AvgIpc) is 3.23. The Hall–Kier alpha value is -3.48. The summed E-state index contributed by atoms with van der Waals surface area (Å²) in [5.41, 5.74) is 4.83. The molecule has 7 nitrogen and oxygen atoms in total. The zero-order valence-corrected chi connectivity index (χ0v) is 16.8. The average molecular weight is 470 g/mol. The van der Waals surface area contributed by atoms with Gasteiger partial charge in [0.15, 0.2) is 0 Å². The first-order valence-corrected chi connectivity index (χ1v) is 9.61. The molecule has 0 aromatic carbocycles. The number of amides is 1. The van der Waals surface area contributed by atoms with Crippen LogP contribution >= 0.6 is 0 Å². The molecule has 0 saturated carbocycles. The number of nitrogens with two attached hydrogens (primary N) is 1. The van der Waals surface area contributed by atoms with Crippen molar-refractivity contribution in [2.24, 2.45) is 5.73 Å². The molecule has 1 aliphatic heterocycles. The first-order chi connectivity index (χ1) is 15.4. The standard InChI is InChI=1S/C20H16F6N6O/c21-19(22,23)12-7-29-32(9-12)16-6-14(18(27)33)30-15-10-31(4-2-13(15)16)8-11-1-3-28-17(5-11)20(24,25)26/h1,3,5-7,9H,2,4,8,10H2,(H2,27,33). The first kappa shape index (κ1) is 22.7. The van der Waals surface area contributed by atoms with E-state index in [1.165, 1.54) is 12.1 Å². The van der Waals surface area contributed by atoms with Gasteiger partial charge in [-0.3, -0.25) is 14.7 Å². The van der Waals surface area contributed by atoms with Crippen molar-refractivity contribution in [1.29, 1.82) is 0 Å². The van der Waals surface area contributed by atoms with Crippen LogP contribution in [0.15, 0.2) is 36.8 Å². The number of alkyl halides is 6. The van der Waals surface area contributed by atoms with Crippen molar-refractivity contribution < 1.29 is 31.1 Å². The van der Waals surface area contributed by atoms with Gasteiger partial charge in [0.05, 0.1) is 23.1 Å². The van der Waals surface area contributed by atoms with Crippen LogP contribution in [0.25, 0.3) is 5.69 Å². The smallest absolute Gasteiger partial charge is 0.364 e. The Balaban J connectivity index is 1.65. The fourth-order valence-electron chi connectivity index (χ4n) is 3.63. The maximum Gasteiger partial charge on any atom is 0.433 e. The van der Waals surface area contributed by atoms with Gasteiger partial charge in [-0.2, -0.15) is 31.4 Å². The first-order valence-electron chi connectivity index (χ1n) is 9.61. The molecule has 2 N–H and O–H groups in total. The van der Waals surface area contributed by atoms with E-state index in [2.05, 4.69) is 15.1 Å². The van der Waals surface area contributed by atoms with Crippen LogP contribution < -0.4 is 5.73 Å². The van der Waals surface area contributed by atoms with E-state index in [9.17, 15) is 31.1 Å². The van der Waals surface area contributed by atoms with Crippen molar-refractivity contribution in [2.45, 2.75) is 31.9 Å². The summed E-state index contributed by atoms with van der Waals surface area (Å²) in [4.78, 5) is 21.1. The van der Waals surface area contributed by atoms with Crippen LogP contribution in [0.3, 0.4) is 0 Å². The molecule has 3 aromatic heterocycles. The molecule has 13 heteroatoms. The number of rotatable bonds is 4. The molecule has 1 amide bonds. The number of aromatic nitrogens is 4. The van der Waals surface area contributed by atoms with E-state index in [0.29, 0.717) is 36.0 Å². The maximum absolute atomic E-state index is 13.0. The van der Waals surface area contributed by atoms with Gasteiger partial charge in [0, 0.05) is 37.6 Å². The highest BCUT2D eigenvalue weighted by Gasteiger charge is 2.34. The van der Waals surface area contributed by atoms with E-state index in [4.69, 9.17) is 5.73 Å². The Morgan fingerprint density at radius 2 is 1.88 bits per heavy atom. The fraction of sp³-hybridized carbons (Fsp3) is 0.300. The Labute approximate surface area is 182 Å². The lowest BCUT2D eigenvalue weighted by Crippen LogP contribution is -2.32. The predicted molar refractivity (Wildman–Crippen MR) is 102 cm³/mol. The molecule has 174 valence electrons. The number of hydrogen-bond donors (Lipinski definition) is 1. The van der Waals surface area contributed by atoms with E-state index in [1.807, 2.05) is 4.90 Å². The minimum absolute atomic E-state index is 0.153. The topological polar surface area (TPSA) is 89.9 Å². The number of fused-ring (bicyclic) bond motifs is 1. The third-order valence-corrected chi connectivity index (χ3v) is 5.17. The molecule has 1 aliphatic rings. The van der Waals surface area contributed by atoms with E-state index in [-0.39, 0.29) is 24.5 Å². The third-order valence-electron chi connectivity index (χ3n) is 5.17. The molecule has 33 heavy (non-hydrogen) atoms. The SMILES string of the molecule is NC(=O)c1cc(-n2cc(C(F)(F)F)cn2)c2c(n1)CN(Cc1ccnc(C(F)(F)F)c1)CC2. The van der Waals surface area contributed by atoms with Crippen LogP contribution in [0.4, 0.5) is 26.3 Å².